The van der Waals surface area contributed by atoms with Crippen LogP contribution in [0.5, 0.6) is 11.5 Å². The van der Waals surface area contributed by atoms with Crippen LogP contribution >= 0.6 is 11.6 Å². The van der Waals surface area contributed by atoms with Crippen LogP contribution in [0.4, 0.5) is 0 Å². The molecule has 0 atom stereocenters. The van der Waals surface area contributed by atoms with Crippen LogP contribution in [-0.4, -0.2) is 23.8 Å². The third-order valence-corrected chi connectivity index (χ3v) is 2.98. The minimum atomic E-state index is -0.398. The van der Waals surface area contributed by atoms with E-state index in [1.54, 1.807) is 30.3 Å². The van der Waals surface area contributed by atoms with Crippen LogP contribution in [0.3, 0.4) is 0 Å². The number of hydrazone groups is 1. The molecule has 2 aromatic carbocycles. The summed E-state index contributed by atoms with van der Waals surface area (Å²) in [6.45, 7) is 0.400. The molecule has 1 amide bonds. The van der Waals surface area contributed by atoms with Crippen LogP contribution < -0.4 is 10.2 Å². The molecule has 6 heteroatoms. The number of hydrogen-bond acceptors (Lipinski definition) is 4. The smallest absolute Gasteiger partial charge is 0.271 e. The van der Waals surface area contributed by atoms with Crippen LogP contribution in [0.2, 0.25) is 0 Å². The molecule has 0 aliphatic carbocycles. The highest BCUT2D eigenvalue weighted by Gasteiger charge is 2.04. The van der Waals surface area contributed by atoms with Gasteiger partial charge in [0, 0.05) is 11.1 Å². The Bertz CT molecular complexity index is 712. The van der Waals surface area contributed by atoms with Crippen molar-refractivity contribution in [1.29, 1.82) is 0 Å². The van der Waals surface area contributed by atoms with Crippen molar-refractivity contribution in [3.8, 4) is 11.5 Å². The number of carbonyl (C=O) groups excluding carboxylic acids is 1. The highest BCUT2D eigenvalue weighted by atomic mass is 35.5. The molecule has 0 bridgehead atoms. The van der Waals surface area contributed by atoms with Gasteiger partial charge in [-0.25, -0.2) is 5.43 Å². The molecule has 118 valence electrons. The molecule has 5 nitrogen and oxygen atoms in total. The van der Waals surface area contributed by atoms with Gasteiger partial charge in [0.1, 0.15) is 18.1 Å². The minimum Gasteiger partial charge on any atom is -0.508 e. The molecule has 0 saturated carbocycles. The van der Waals surface area contributed by atoms with E-state index in [9.17, 15) is 9.90 Å². The number of nitrogens with zero attached hydrogens (tertiary/aromatic N) is 1. The van der Waals surface area contributed by atoms with Gasteiger partial charge in [0.05, 0.1) is 6.21 Å². The summed E-state index contributed by atoms with van der Waals surface area (Å²) in [7, 11) is 0. The van der Waals surface area contributed by atoms with Crippen LogP contribution in [0.25, 0.3) is 0 Å². The van der Waals surface area contributed by atoms with Crippen molar-refractivity contribution in [2.75, 3.05) is 6.61 Å². The molecule has 0 heterocycles. The van der Waals surface area contributed by atoms with Crippen molar-refractivity contribution >= 4 is 23.7 Å². The van der Waals surface area contributed by atoms with Crippen molar-refractivity contribution in [1.82, 2.24) is 5.43 Å². The number of hydrogen-bond donors (Lipinski definition) is 2. The van der Waals surface area contributed by atoms with Gasteiger partial charge in [0.15, 0.2) is 0 Å². The number of halogens is 1. The van der Waals surface area contributed by atoms with Gasteiger partial charge in [-0.15, -0.1) is 0 Å². The van der Waals surface area contributed by atoms with Gasteiger partial charge in [0.25, 0.3) is 5.91 Å². The lowest BCUT2D eigenvalue weighted by Gasteiger charge is -2.03. The Balaban J connectivity index is 1.89. The second-order valence-corrected chi connectivity index (χ2v) is 4.74. The van der Waals surface area contributed by atoms with Gasteiger partial charge >= 0.3 is 0 Å². The van der Waals surface area contributed by atoms with E-state index < -0.39 is 5.91 Å². The molecule has 0 unspecified atom stereocenters. The zero-order chi connectivity index (χ0) is 16.5. The van der Waals surface area contributed by atoms with E-state index in [0.29, 0.717) is 17.9 Å². The Kier molecular flexibility index (Phi) is 6.20. The summed E-state index contributed by atoms with van der Waals surface area (Å²) in [6, 6.07) is 13.2. The lowest BCUT2D eigenvalue weighted by Crippen LogP contribution is -2.17. The van der Waals surface area contributed by atoms with E-state index in [-0.39, 0.29) is 5.75 Å². The van der Waals surface area contributed by atoms with E-state index in [4.69, 9.17) is 16.3 Å². The normalized spacial score (nSPS) is 11.0. The van der Waals surface area contributed by atoms with Crippen molar-refractivity contribution < 1.29 is 14.6 Å². The number of phenolic OH excluding ortho intramolecular Hbond substituents is 1. The first-order valence-electron chi connectivity index (χ1n) is 6.79. The van der Waals surface area contributed by atoms with Crippen molar-refractivity contribution in [2.24, 2.45) is 5.10 Å². The number of phenols is 1. The van der Waals surface area contributed by atoms with Crippen molar-refractivity contribution in [3.05, 3.63) is 71.3 Å². The molecule has 0 fully saturated rings. The summed E-state index contributed by atoms with van der Waals surface area (Å²) in [5.41, 5.74) is 4.93. The number of nitrogens with one attached hydrogen (secondary N) is 1. The number of aromatic hydroxyl groups is 1. The third-order valence-electron chi connectivity index (χ3n) is 2.80. The van der Waals surface area contributed by atoms with Crippen LogP contribution in [0.1, 0.15) is 15.9 Å². The predicted octanol–water partition coefficient (Wildman–Crippen LogP) is 3.29. The van der Waals surface area contributed by atoms with E-state index >= 15 is 0 Å². The molecule has 0 saturated heterocycles. The maximum atomic E-state index is 11.8. The van der Waals surface area contributed by atoms with E-state index in [1.165, 1.54) is 23.9 Å². The average Bonchev–Trinajstić information content (AvgIpc) is 2.56. The first-order chi connectivity index (χ1) is 11.2. The molecular formula is C17H15ClN2O3. The van der Waals surface area contributed by atoms with E-state index in [1.807, 2.05) is 12.1 Å². The Morgan fingerprint density at radius 1 is 1.26 bits per heavy atom. The summed E-state index contributed by atoms with van der Waals surface area (Å²) in [4.78, 5) is 11.8. The second-order valence-electron chi connectivity index (χ2n) is 4.49. The van der Waals surface area contributed by atoms with E-state index in [0.717, 1.165) is 5.56 Å². The van der Waals surface area contributed by atoms with Gasteiger partial charge in [-0.3, -0.25) is 4.79 Å². The largest absolute Gasteiger partial charge is 0.508 e. The minimum absolute atomic E-state index is 0.0289. The Morgan fingerprint density at radius 3 is 2.74 bits per heavy atom. The zero-order valence-electron chi connectivity index (χ0n) is 12.1. The molecular weight excluding hydrogens is 316 g/mol. The maximum absolute atomic E-state index is 11.8. The SMILES string of the molecule is O=C(NN=Cc1ccc(OCC=CCl)cc1)c1cccc(O)c1. The molecule has 23 heavy (non-hydrogen) atoms. The highest BCUT2D eigenvalue weighted by molar-refractivity contribution is 6.25. The first kappa shape index (κ1) is 16.6. The summed E-state index contributed by atoms with van der Waals surface area (Å²) in [6.07, 6.45) is 3.21. The summed E-state index contributed by atoms with van der Waals surface area (Å²) in [5, 5.41) is 13.2. The Labute approximate surface area is 138 Å². The standard InChI is InChI=1S/C17H15ClN2O3/c18-9-2-10-23-16-7-5-13(6-8-16)12-19-20-17(22)14-3-1-4-15(21)11-14/h1-9,11-12,21H,10H2,(H,20,22). The molecule has 0 aliphatic rings. The number of rotatable bonds is 6. The summed E-state index contributed by atoms with van der Waals surface area (Å²) in [5.74, 6) is 0.340. The van der Waals surface area contributed by atoms with Crippen LogP contribution in [-0.2, 0) is 0 Å². The third kappa shape index (κ3) is 5.48. The summed E-state index contributed by atoms with van der Waals surface area (Å²) >= 11 is 5.40. The highest BCUT2D eigenvalue weighted by Crippen LogP contribution is 2.12. The predicted molar refractivity (Wildman–Crippen MR) is 90.1 cm³/mol. The first-order valence-corrected chi connectivity index (χ1v) is 7.23. The molecule has 0 aromatic heterocycles. The van der Waals surface area contributed by atoms with Crippen LogP contribution in [0, 0.1) is 0 Å². The van der Waals surface area contributed by atoms with Crippen LogP contribution in [0.15, 0.2) is 65.2 Å². The topological polar surface area (TPSA) is 70.9 Å². The van der Waals surface area contributed by atoms with Crippen molar-refractivity contribution in [2.45, 2.75) is 0 Å². The molecule has 0 aliphatic heterocycles. The number of amides is 1. The monoisotopic (exact) mass is 330 g/mol. The Morgan fingerprint density at radius 2 is 2.04 bits per heavy atom. The average molecular weight is 331 g/mol. The van der Waals surface area contributed by atoms with Gasteiger partial charge in [-0.05, 0) is 54.1 Å². The molecule has 0 radical (unpaired) electrons. The Hall–Kier alpha value is -2.79. The second kappa shape index (κ2) is 8.60. The fourth-order valence-electron chi connectivity index (χ4n) is 1.71. The van der Waals surface area contributed by atoms with E-state index in [2.05, 4.69) is 10.5 Å². The lowest BCUT2D eigenvalue weighted by molar-refractivity contribution is 0.0954. The van der Waals surface area contributed by atoms with Gasteiger partial charge in [-0.1, -0.05) is 17.7 Å². The zero-order valence-corrected chi connectivity index (χ0v) is 12.9. The summed E-state index contributed by atoms with van der Waals surface area (Å²) < 4.78 is 5.40. The van der Waals surface area contributed by atoms with Gasteiger partial charge in [0.2, 0.25) is 0 Å². The lowest BCUT2D eigenvalue weighted by atomic mass is 10.2. The fourth-order valence-corrected chi connectivity index (χ4v) is 1.78. The number of benzene rings is 2. The molecule has 2 aromatic rings. The molecule has 2 rings (SSSR count). The van der Waals surface area contributed by atoms with Gasteiger partial charge in [-0.2, -0.15) is 5.10 Å². The van der Waals surface area contributed by atoms with Crippen molar-refractivity contribution in [3.63, 3.8) is 0 Å². The molecule has 2 N–H and O–H groups in total. The maximum Gasteiger partial charge on any atom is 0.271 e. The quantitative estimate of drug-likeness (QED) is 0.630. The fraction of sp³-hybridized carbons (Fsp3) is 0.0588. The molecule has 0 spiro atoms. The number of carbonyl (C=O) groups is 1. The van der Waals surface area contributed by atoms with Gasteiger partial charge < -0.3 is 9.84 Å². The number of ether oxygens (including phenoxy) is 1.